The Morgan fingerprint density at radius 2 is 2.00 bits per heavy atom. The monoisotopic (exact) mass is 304 g/mol. The van der Waals surface area contributed by atoms with E-state index in [1.54, 1.807) is 11.1 Å². The highest BCUT2D eigenvalue weighted by molar-refractivity contribution is 5.88. The fourth-order valence-corrected chi connectivity index (χ4v) is 3.20. The molecule has 2 aliphatic rings. The summed E-state index contributed by atoms with van der Waals surface area (Å²) in [5.74, 6) is 1.04. The van der Waals surface area contributed by atoms with Crippen molar-refractivity contribution in [2.45, 2.75) is 51.7 Å². The molecule has 2 fully saturated rings. The molecule has 1 unspecified atom stereocenters. The van der Waals surface area contributed by atoms with Crippen molar-refractivity contribution in [3.63, 3.8) is 0 Å². The summed E-state index contributed by atoms with van der Waals surface area (Å²) in [7, 11) is 0. The van der Waals surface area contributed by atoms with Crippen molar-refractivity contribution >= 4 is 11.9 Å². The van der Waals surface area contributed by atoms with Gasteiger partial charge in [-0.3, -0.25) is 9.88 Å². The summed E-state index contributed by atoms with van der Waals surface area (Å²) in [5, 5.41) is 0. The van der Waals surface area contributed by atoms with Crippen molar-refractivity contribution in [2.24, 2.45) is 0 Å². The number of likely N-dealkylation sites (tertiary alicyclic amines) is 1. The lowest BCUT2D eigenvalue weighted by molar-refractivity contribution is 0.149. The molecular formula is C16H24N4O2. The number of piperidine rings is 1. The molecule has 3 heterocycles. The molecule has 1 amide bonds. The van der Waals surface area contributed by atoms with Crippen molar-refractivity contribution < 1.29 is 9.53 Å². The molecule has 0 bridgehead atoms. The van der Waals surface area contributed by atoms with Crippen LogP contribution in [0.2, 0.25) is 0 Å². The second-order valence-electron chi connectivity index (χ2n) is 6.51. The summed E-state index contributed by atoms with van der Waals surface area (Å²) in [6.45, 7) is 9.09. The molecule has 0 aromatic carbocycles. The minimum absolute atomic E-state index is 0.0905. The molecule has 1 aromatic heterocycles. The first-order chi connectivity index (χ1) is 10.5. The SMILES string of the molecule is CC1CN(c2cncc(C3CCN(C(C)C)CC3)n2)C(=O)O1. The van der Waals surface area contributed by atoms with Crippen molar-refractivity contribution in [3.8, 4) is 0 Å². The Balaban J connectivity index is 1.71. The molecule has 6 heteroatoms. The van der Waals surface area contributed by atoms with Crippen LogP contribution >= 0.6 is 0 Å². The number of nitrogens with zero attached hydrogens (tertiary/aromatic N) is 4. The van der Waals surface area contributed by atoms with Crippen molar-refractivity contribution in [1.29, 1.82) is 0 Å². The van der Waals surface area contributed by atoms with Gasteiger partial charge in [0.25, 0.3) is 0 Å². The van der Waals surface area contributed by atoms with E-state index in [-0.39, 0.29) is 12.2 Å². The van der Waals surface area contributed by atoms with Gasteiger partial charge in [-0.2, -0.15) is 0 Å². The molecule has 0 saturated carbocycles. The Morgan fingerprint density at radius 1 is 1.27 bits per heavy atom. The summed E-state index contributed by atoms with van der Waals surface area (Å²) < 4.78 is 5.17. The number of cyclic esters (lactones) is 1. The quantitative estimate of drug-likeness (QED) is 0.858. The molecule has 120 valence electrons. The van der Waals surface area contributed by atoms with Crippen LogP contribution < -0.4 is 4.90 Å². The van der Waals surface area contributed by atoms with Gasteiger partial charge in [-0.1, -0.05) is 0 Å². The number of rotatable bonds is 3. The van der Waals surface area contributed by atoms with Crippen LogP contribution in [0.1, 0.15) is 45.2 Å². The third-order valence-electron chi connectivity index (χ3n) is 4.56. The summed E-state index contributed by atoms with van der Waals surface area (Å²) in [4.78, 5) is 24.9. The largest absolute Gasteiger partial charge is 0.444 e. The van der Waals surface area contributed by atoms with Gasteiger partial charge >= 0.3 is 6.09 Å². The van der Waals surface area contributed by atoms with Crippen LogP contribution in [0.15, 0.2) is 12.4 Å². The number of ether oxygens (including phenoxy) is 1. The smallest absolute Gasteiger partial charge is 0.415 e. The van der Waals surface area contributed by atoms with Crippen molar-refractivity contribution in [1.82, 2.24) is 14.9 Å². The maximum atomic E-state index is 11.8. The van der Waals surface area contributed by atoms with E-state index in [4.69, 9.17) is 4.74 Å². The standard InChI is InChI=1S/C16H24N4O2/c1-11(2)19-6-4-13(5-7-19)14-8-17-9-15(18-14)20-10-12(3)22-16(20)21/h8-9,11-13H,4-7,10H2,1-3H3. The summed E-state index contributed by atoms with van der Waals surface area (Å²) in [6.07, 6.45) is 5.26. The van der Waals surface area contributed by atoms with Crippen LogP contribution in [0.25, 0.3) is 0 Å². The molecule has 22 heavy (non-hydrogen) atoms. The van der Waals surface area contributed by atoms with E-state index < -0.39 is 0 Å². The van der Waals surface area contributed by atoms with Crippen LogP contribution in [0.4, 0.5) is 10.6 Å². The molecule has 0 radical (unpaired) electrons. The summed E-state index contributed by atoms with van der Waals surface area (Å²) in [5.41, 5.74) is 0.994. The lowest BCUT2D eigenvalue weighted by atomic mass is 9.93. The van der Waals surface area contributed by atoms with Gasteiger partial charge < -0.3 is 9.64 Å². The average molecular weight is 304 g/mol. The fourth-order valence-electron chi connectivity index (χ4n) is 3.20. The number of aromatic nitrogens is 2. The van der Waals surface area contributed by atoms with Crippen LogP contribution in [0.5, 0.6) is 0 Å². The van der Waals surface area contributed by atoms with E-state index in [1.165, 1.54) is 0 Å². The minimum atomic E-state index is -0.325. The van der Waals surface area contributed by atoms with Gasteiger partial charge in [0, 0.05) is 18.2 Å². The van der Waals surface area contributed by atoms with Crippen LogP contribution in [-0.4, -0.2) is 52.7 Å². The molecule has 6 nitrogen and oxygen atoms in total. The van der Waals surface area contributed by atoms with Crippen LogP contribution in [0, 0.1) is 0 Å². The highest BCUT2D eigenvalue weighted by Crippen LogP contribution is 2.29. The first kappa shape index (κ1) is 15.2. The second kappa shape index (κ2) is 6.20. The number of hydrogen-bond acceptors (Lipinski definition) is 5. The topological polar surface area (TPSA) is 58.6 Å². The maximum Gasteiger partial charge on any atom is 0.415 e. The van der Waals surface area contributed by atoms with E-state index in [2.05, 4.69) is 28.7 Å². The average Bonchev–Trinajstić information content (AvgIpc) is 2.86. The lowest BCUT2D eigenvalue weighted by Gasteiger charge is -2.34. The molecule has 0 N–H and O–H groups in total. The van der Waals surface area contributed by atoms with Crippen LogP contribution in [-0.2, 0) is 4.74 Å². The predicted octanol–water partition coefficient (Wildman–Crippen LogP) is 2.41. The summed E-state index contributed by atoms with van der Waals surface area (Å²) >= 11 is 0. The van der Waals surface area contributed by atoms with Gasteiger partial charge in [0.2, 0.25) is 0 Å². The van der Waals surface area contributed by atoms with Crippen LogP contribution in [0.3, 0.4) is 0 Å². The van der Waals surface area contributed by atoms with Gasteiger partial charge in [0.15, 0.2) is 5.82 Å². The number of hydrogen-bond donors (Lipinski definition) is 0. The second-order valence-corrected chi connectivity index (χ2v) is 6.51. The molecule has 2 saturated heterocycles. The van der Waals surface area contributed by atoms with E-state index in [9.17, 15) is 4.79 Å². The minimum Gasteiger partial charge on any atom is -0.444 e. The molecular weight excluding hydrogens is 280 g/mol. The number of amides is 1. The molecule has 0 aliphatic carbocycles. The Bertz CT molecular complexity index is 541. The lowest BCUT2D eigenvalue weighted by Crippen LogP contribution is -2.38. The first-order valence-electron chi connectivity index (χ1n) is 8.08. The zero-order chi connectivity index (χ0) is 15.7. The third-order valence-corrected chi connectivity index (χ3v) is 4.56. The fraction of sp³-hybridized carbons (Fsp3) is 0.688. The van der Waals surface area contributed by atoms with Crippen molar-refractivity contribution in [3.05, 3.63) is 18.1 Å². The Labute approximate surface area is 131 Å². The van der Waals surface area contributed by atoms with E-state index >= 15 is 0 Å². The third kappa shape index (κ3) is 3.06. The summed E-state index contributed by atoms with van der Waals surface area (Å²) in [6, 6.07) is 0.597. The number of anilines is 1. The maximum absolute atomic E-state index is 11.8. The molecule has 2 aliphatic heterocycles. The normalized spacial score (nSPS) is 24.1. The van der Waals surface area contributed by atoms with Gasteiger partial charge in [-0.15, -0.1) is 0 Å². The zero-order valence-electron chi connectivity index (χ0n) is 13.5. The van der Waals surface area contributed by atoms with Gasteiger partial charge in [0.1, 0.15) is 6.10 Å². The molecule has 0 spiro atoms. The Morgan fingerprint density at radius 3 is 2.59 bits per heavy atom. The predicted molar refractivity (Wildman–Crippen MR) is 84.0 cm³/mol. The number of carbonyl (C=O) groups excluding carboxylic acids is 1. The highest BCUT2D eigenvalue weighted by Gasteiger charge is 2.31. The van der Waals surface area contributed by atoms with Gasteiger partial charge in [0.05, 0.1) is 18.4 Å². The number of carbonyl (C=O) groups is 1. The Hall–Kier alpha value is -1.69. The van der Waals surface area contributed by atoms with Gasteiger partial charge in [-0.05, 0) is 46.7 Å². The van der Waals surface area contributed by atoms with E-state index in [0.29, 0.717) is 24.3 Å². The Kier molecular flexibility index (Phi) is 4.29. The van der Waals surface area contributed by atoms with E-state index in [0.717, 1.165) is 31.6 Å². The van der Waals surface area contributed by atoms with Crippen molar-refractivity contribution in [2.75, 3.05) is 24.5 Å². The first-order valence-corrected chi connectivity index (χ1v) is 8.08. The van der Waals surface area contributed by atoms with E-state index in [1.807, 2.05) is 13.1 Å². The molecule has 1 aromatic rings. The van der Waals surface area contributed by atoms with Gasteiger partial charge in [-0.25, -0.2) is 9.78 Å². The zero-order valence-corrected chi connectivity index (χ0v) is 13.5. The highest BCUT2D eigenvalue weighted by atomic mass is 16.6. The molecule has 1 atom stereocenters. The molecule has 3 rings (SSSR count).